The van der Waals surface area contributed by atoms with Gasteiger partial charge in [-0.05, 0) is 25.5 Å². The molecule has 0 aromatic heterocycles. The second-order valence-electron chi connectivity index (χ2n) is 3.13. The van der Waals surface area contributed by atoms with Crippen LogP contribution >= 0.6 is 24.0 Å². The Hall–Kier alpha value is 0.0700. The minimum Gasteiger partial charge on any atom is -0.329 e. The smallest absolute Gasteiger partial charge is 0.0563 e. The summed E-state index contributed by atoms with van der Waals surface area (Å²) in [5.74, 6) is 0.455. The Morgan fingerprint density at radius 1 is 1.77 bits per heavy atom. The Bertz CT molecular complexity index is 214. The van der Waals surface area contributed by atoms with Crippen molar-refractivity contribution < 1.29 is 0 Å². The van der Waals surface area contributed by atoms with Crippen molar-refractivity contribution in [2.45, 2.75) is 19.3 Å². The number of aliphatic imine (C=N–C) groups is 1. The van der Waals surface area contributed by atoms with Crippen LogP contribution < -0.4 is 5.73 Å². The van der Waals surface area contributed by atoms with Gasteiger partial charge in [0.25, 0.3) is 0 Å². The Labute approximate surface area is 89.4 Å². The molecule has 1 rings (SSSR count). The zero-order chi connectivity index (χ0) is 9.68. The van der Waals surface area contributed by atoms with Gasteiger partial charge in [0.1, 0.15) is 0 Å². The number of nitrogens with zero attached hydrogens (tertiary/aromatic N) is 1. The largest absolute Gasteiger partial charge is 0.329 e. The van der Waals surface area contributed by atoms with E-state index < -0.39 is 0 Å². The number of thioether (sulfide) groups is 1. The molecule has 1 aliphatic rings. The predicted molar refractivity (Wildman–Crippen MR) is 64.8 cm³/mol. The van der Waals surface area contributed by atoms with Gasteiger partial charge in [0.05, 0.1) is 10.7 Å². The van der Waals surface area contributed by atoms with E-state index in [9.17, 15) is 0 Å². The first-order chi connectivity index (χ1) is 6.29. The Balaban J connectivity index is 2.58. The summed E-state index contributed by atoms with van der Waals surface area (Å²) >= 11 is 6.97. The second kappa shape index (κ2) is 5.73. The average Bonchev–Trinajstić information content (AvgIpc) is 2.61. The van der Waals surface area contributed by atoms with Crippen molar-refractivity contribution in [3.05, 3.63) is 0 Å². The first-order valence-electron chi connectivity index (χ1n) is 4.60. The molecular weight excluding hydrogens is 200 g/mol. The number of hydrogen-bond donors (Lipinski definition) is 1. The van der Waals surface area contributed by atoms with Crippen molar-refractivity contribution >= 4 is 33.9 Å². The van der Waals surface area contributed by atoms with Gasteiger partial charge in [-0.25, -0.2) is 0 Å². The molecule has 1 atom stereocenters. The maximum absolute atomic E-state index is 5.42. The van der Waals surface area contributed by atoms with Gasteiger partial charge in [-0.2, -0.15) is 0 Å². The van der Waals surface area contributed by atoms with Crippen molar-refractivity contribution in [1.29, 1.82) is 0 Å². The molecule has 0 heterocycles. The lowest BCUT2D eigenvalue weighted by atomic mass is 10.1. The van der Waals surface area contributed by atoms with Crippen LogP contribution in [0, 0.1) is 5.92 Å². The third-order valence-electron chi connectivity index (χ3n) is 2.26. The zero-order valence-corrected chi connectivity index (χ0v) is 9.59. The SMILES string of the molecule is CSC(=S)C1CCCC1=NCCN. The zero-order valence-electron chi connectivity index (χ0n) is 7.95. The van der Waals surface area contributed by atoms with E-state index in [1.54, 1.807) is 11.8 Å². The van der Waals surface area contributed by atoms with Crippen LogP contribution in [0.4, 0.5) is 0 Å². The van der Waals surface area contributed by atoms with E-state index in [1.165, 1.54) is 18.6 Å². The first kappa shape index (κ1) is 11.1. The topological polar surface area (TPSA) is 38.4 Å². The maximum Gasteiger partial charge on any atom is 0.0563 e. The molecule has 1 saturated carbocycles. The van der Waals surface area contributed by atoms with Gasteiger partial charge in [0, 0.05) is 18.2 Å². The summed E-state index contributed by atoms with van der Waals surface area (Å²) < 4.78 is 1.09. The minimum absolute atomic E-state index is 0.455. The van der Waals surface area contributed by atoms with Crippen molar-refractivity contribution in [3.63, 3.8) is 0 Å². The highest BCUT2D eigenvalue weighted by molar-refractivity contribution is 8.22. The van der Waals surface area contributed by atoms with E-state index in [0.717, 1.165) is 17.2 Å². The number of hydrogen-bond acceptors (Lipinski definition) is 4. The van der Waals surface area contributed by atoms with Gasteiger partial charge < -0.3 is 5.73 Å². The minimum atomic E-state index is 0.455. The van der Waals surface area contributed by atoms with Crippen LogP contribution in [0.3, 0.4) is 0 Å². The van der Waals surface area contributed by atoms with Gasteiger partial charge in [0.2, 0.25) is 0 Å². The lowest BCUT2D eigenvalue weighted by Gasteiger charge is -2.10. The molecule has 0 aromatic carbocycles. The third kappa shape index (κ3) is 3.04. The number of rotatable bonds is 3. The van der Waals surface area contributed by atoms with Gasteiger partial charge in [-0.1, -0.05) is 12.2 Å². The fourth-order valence-electron chi connectivity index (χ4n) is 1.62. The third-order valence-corrected chi connectivity index (χ3v) is 3.73. The second-order valence-corrected chi connectivity index (χ2v) is 4.68. The first-order valence-corrected chi connectivity index (χ1v) is 6.24. The summed E-state index contributed by atoms with van der Waals surface area (Å²) in [6.07, 6.45) is 5.57. The van der Waals surface area contributed by atoms with Crippen LogP contribution in [0.25, 0.3) is 0 Å². The highest BCUT2D eigenvalue weighted by Gasteiger charge is 2.25. The molecule has 0 aliphatic heterocycles. The summed E-state index contributed by atoms with van der Waals surface area (Å²) in [6, 6.07) is 0. The molecule has 2 nitrogen and oxygen atoms in total. The monoisotopic (exact) mass is 216 g/mol. The van der Waals surface area contributed by atoms with E-state index in [0.29, 0.717) is 12.5 Å². The molecule has 13 heavy (non-hydrogen) atoms. The van der Waals surface area contributed by atoms with Gasteiger partial charge in [0.15, 0.2) is 0 Å². The van der Waals surface area contributed by atoms with Gasteiger partial charge in [-0.15, -0.1) is 11.8 Å². The van der Waals surface area contributed by atoms with E-state index in [-0.39, 0.29) is 0 Å². The summed E-state index contributed by atoms with van der Waals surface area (Å²) in [4.78, 5) is 4.48. The summed E-state index contributed by atoms with van der Waals surface area (Å²) in [5.41, 5.74) is 6.70. The molecule has 1 fully saturated rings. The van der Waals surface area contributed by atoms with Crippen LogP contribution in [0.2, 0.25) is 0 Å². The Kier molecular flexibility index (Phi) is 4.91. The van der Waals surface area contributed by atoms with Crippen LogP contribution in [-0.4, -0.2) is 29.3 Å². The molecule has 4 heteroatoms. The van der Waals surface area contributed by atoms with Crippen molar-refractivity contribution in [3.8, 4) is 0 Å². The molecule has 0 radical (unpaired) electrons. The molecule has 0 saturated heterocycles. The fraction of sp³-hybridized carbons (Fsp3) is 0.778. The lowest BCUT2D eigenvalue weighted by Crippen LogP contribution is -2.16. The fourth-order valence-corrected chi connectivity index (χ4v) is 2.41. The standard InChI is InChI=1S/C9H16N2S2/c1-13-9(12)7-3-2-4-8(7)11-6-5-10/h7H,2-6,10H2,1H3. The summed E-state index contributed by atoms with van der Waals surface area (Å²) in [6.45, 7) is 1.39. The van der Waals surface area contributed by atoms with Crippen LogP contribution in [0.15, 0.2) is 4.99 Å². The number of thiocarbonyl (C=S) groups is 1. The molecule has 0 spiro atoms. The molecule has 0 bridgehead atoms. The highest BCUT2D eigenvalue weighted by Crippen LogP contribution is 2.27. The lowest BCUT2D eigenvalue weighted by molar-refractivity contribution is 0.824. The van der Waals surface area contributed by atoms with E-state index >= 15 is 0 Å². The van der Waals surface area contributed by atoms with E-state index in [4.69, 9.17) is 18.0 Å². The van der Waals surface area contributed by atoms with Gasteiger partial charge in [-0.3, -0.25) is 4.99 Å². The molecule has 1 unspecified atom stereocenters. The van der Waals surface area contributed by atoms with Gasteiger partial charge >= 0.3 is 0 Å². The summed E-state index contributed by atoms with van der Waals surface area (Å²) in [5, 5.41) is 0. The Morgan fingerprint density at radius 3 is 3.15 bits per heavy atom. The van der Waals surface area contributed by atoms with Crippen molar-refractivity contribution in [2.24, 2.45) is 16.6 Å². The molecule has 2 N–H and O–H groups in total. The average molecular weight is 216 g/mol. The van der Waals surface area contributed by atoms with E-state index in [1.807, 2.05) is 6.26 Å². The van der Waals surface area contributed by atoms with E-state index in [2.05, 4.69) is 4.99 Å². The summed E-state index contributed by atoms with van der Waals surface area (Å²) in [7, 11) is 0. The Morgan fingerprint density at radius 2 is 2.54 bits per heavy atom. The maximum atomic E-state index is 5.42. The molecule has 1 aliphatic carbocycles. The predicted octanol–water partition coefficient (Wildman–Crippen LogP) is 1.88. The number of nitrogens with two attached hydrogens (primary N) is 1. The van der Waals surface area contributed by atoms with Crippen LogP contribution in [-0.2, 0) is 0 Å². The van der Waals surface area contributed by atoms with Crippen LogP contribution in [0.5, 0.6) is 0 Å². The highest BCUT2D eigenvalue weighted by atomic mass is 32.2. The molecule has 0 aromatic rings. The quantitative estimate of drug-likeness (QED) is 0.732. The molecule has 74 valence electrons. The van der Waals surface area contributed by atoms with Crippen molar-refractivity contribution in [1.82, 2.24) is 0 Å². The molecule has 0 amide bonds. The van der Waals surface area contributed by atoms with Crippen molar-refractivity contribution in [2.75, 3.05) is 19.3 Å². The molecular formula is C9H16N2S2. The van der Waals surface area contributed by atoms with Crippen LogP contribution in [0.1, 0.15) is 19.3 Å². The normalized spacial score (nSPS) is 25.4.